The van der Waals surface area contributed by atoms with Gasteiger partial charge in [-0.2, -0.15) is 0 Å². The molecule has 1 saturated heterocycles. The Hall–Kier alpha value is -2.36. The molecule has 138 valence electrons. The van der Waals surface area contributed by atoms with Crippen LogP contribution in [-0.2, 0) is 17.8 Å². The molecule has 2 aromatic rings. The first-order valence-corrected chi connectivity index (χ1v) is 9.14. The molecule has 1 aliphatic heterocycles. The van der Waals surface area contributed by atoms with Gasteiger partial charge in [-0.3, -0.25) is 19.8 Å². The van der Waals surface area contributed by atoms with Crippen molar-refractivity contribution in [3.63, 3.8) is 0 Å². The van der Waals surface area contributed by atoms with Crippen molar-refractivity contribution in [1.29, 1.82) is 0 Å². The maximum absolute atomic E-state index is 12.5. The summed E-state index contributed by atoms with van der Waals surface area (Å²) in [7, 11) is 1.70. The molecule has 0 atom stereocenters. The first kappa shape index (κ1) is 18.4. The minimum Gasteiger partial charge on any atom is -0.379 e. The average Bonchev–Trinajstić information content (AvgIpc) is 3.08. The fourth-order valence-electron chi connectivity index (χ4n) is 2.71. The van der Waals surface area contributed by atoms with E-state index in [0.717, 1.165) is 43.5 Å². The van der Waals surface area contributed by atoms with Crippen molar-refractivity contribution < 1.29 is 14.5 Å². The van der Waals surface area contributed by atoms with Crippen LogP contribution in [0, 0.1) is 10.1 Å². The summed E-state index contributed by atoms with van der Waals surface area (Å²) in [4.78, 5) is 31.2. The van der Waals surface area contributed by atoms with Gasteiger partial charge >= 0.3 is 0 Å². The molecule has 1 aromatic heterocycles. The normalized spacial score (nSPS) is 15.0. The van der Waals surface area contributed by atoms with E-state index >= 15 is 0 Å². The minimum absolute atomic E-state index is 0.0311. The van der Waals surface area contributed by atoms with Crippen molar-refractivity contribution >= 4 is 22.9 Å². The van der Waals surface area contributed by atoms with Crippen LogP contribution in [-0.4, -0.2) is 59.0 Å². The van der Waals surface area contributed by atoms with Crippen molar-refractivity contribution in [3.05, 3.63) is 56.0 Å². The van der Waals surface area contributed by atoms with Gasteiger partial charge in [0.05, 0.1) is 36.9 Å². The number of benzene rings is 1. The summed E-state index contributed by atoms with van der Waals surface area (Å²) in [5.74, 6) is -0.192. The zero-order valence-corrected chi connectivity index (χ0v) is 15.3. The van der Waals surface area contributed by atoms with Gasteiger partial charge in [-0.25, -0.2) is 4.98 Å². The van der Waals surface area contributed by atoms with E-state index in [-0.39, 0.29) is 11.6 Å². The Labute approximate surface area is 155 Å². The number of nitro groups is 1. The first-order valence-electron chi connectivity index (χ1n) is 8.26. The molecule has 0 saturated carbocycles. The Kier molecular flexibility index (Phi) is 5.92. The number of carbonyl (C=O) groups is 1. The molecule has 0 unspecified atom stereocenters. The lowest BCUT2D eigenvalue weighted by molar-refractivity contribution is -0.384. The summed E-state index contributed by atoms with van der Waals surface area (Å²) in [6, 6.07) is 5.62. The van der Waals surface area contributed by atoms with E-state index in [9.17, 15) is 14.9 Å². The number of amides is 1. The zero-order valence-electron chi connectivity index (χ0n) is 14.5. The zero-order chi connectivity index (χ0) is 18.5. The van der Waals surface area contributed by atoms with Gasteiger partial charge in [0.15, 0.2) is 0 Å². The van der Waals surface area contributed by atoms with Crippen LogP contribution < -0.4 is 0 Å². The van der Waals surface area contributed by atoms with Gasteiger partial charge in [0, 0.05) is 43.2 Å². The maximum Gasteiger partial charge on any atom is 0.269 e. The molecule has 0 radical (unpaired) electrons. The molecule has 1 amide bonds. The smallest absolute Gasteiger partial charge is 0.269 e. The number of morpholine rings is 1. The van der Waals surface area contributed by atoms with Crippen molar-refractivity contribution in [2.45, 2.75) is 13.1 Å². The molecule has 9 heteroatoms. The van der Waals surface area contributed by atoms with Gasteiger partial charge in [-0.1, -0.05) is 0 Å². The van der Waals surface area contributed by atoms with Gasteiger partial charge in [-0.05, 0) is 12.1 Å². The topological polar surface area (TPSA) is 88.8 Å². The van der Waals surface area contributed by atoms with E-state index in [4.69, 9.17) is 4.74 Å². The van der Waals surface area contributed by atoms with E-state index in [1.165, 1.54) is 24.3 Å². The predicted molar refractivity (Wildman–Crippen MR) is 97.1 cm³/mol. The molecule has 1 fully saturated rings. The molecule has 0 aliphatic carbocycles. The second-order valence-corrected chi connectivity index (χ2v) is 7.03. The molecule has 2 heterocycles. The van der Waals surface area contributed by atoms with Crippen LogP contribution in [0.2, 0.25) is 0 Å². The van der Waals surface area contributed by atoms with Crippen LogP contribution in [0.4, 0.5) is 5.69 Å². The molecule has 26 heavy (non-hydrogen) atoms. The molecular weight excluding hydrogens is 356 g/mol. The van der Waals surface area contributed by atoms with Crippen LogP contribution >= 0.6 is 11.3 Å². The van der Waals surface area contributed by atoms with Crippen molar-refractivity contribution in [3.8, 4) is 0 Å². The molecule has 8 nitrogen and oxygen atoms in total. The van der Waals surface area contributed by atoms with Crippen molar-refractivity contribution in [2.75, 3.05) is 33.4 Å². The average molecular weight is 376 g/mol. The van der Waals surface area contributed by atoms with Gasteiger partial charge in [0.2, 0.25) is 0 Å². The predicted octanol–water partition coefficient (Wildman–Crippen LogP) is 2.16. The highest BCUT2D eigenvalue weighted by Crippen LogP contribution is 2.17. The van der Waals surface area contributed by atoms with Gasteiger partial charge in [-0.15, -0.1) is 11.3 Å². The van der Waals surface area contributed by atoms with Crippen LogP contribution in [0.5, 0.6) is 0 Å². The lowest BCUT2D eigenvalue weighted by atomic mass is 10.2. The van der Waals surface area contributed by atoms with Crippen LogP contribution in [0.25, 0.3) is 0 Å². The van der Waals surface area contributed by atoms with Gasteiger partial charge in [0.25, 0.3) is 11.6 Å². The largest absolute Gasteiger partial charge is 0.379 e. The first-order chi connectivity index (χ1) is 12.5. The third kappa shape index (κ3) is 4.63. The number of nitrogens with zero attached hydrogens (tertiary/aromatic N) is 4. The number of ether oxygens (including phenoxy) is 1. The van der Waals surface area contributed by atoms with Gasteiger partial charge < -0.3 is 9.64 Å². The molecule has 1 aromatic carbocycles. The van der Waals surface area contributed by atoms with E-state index < -0.39 is 4.92 Å². The number of nitro benzene ring substituents is 1. The summed E-state index contributed by atoms with van der Waals surface area (Å²) in [5, 5.41) is 13.7. The summed E-state index contributed by atoms with van der Waals surface area (Å²) >= 11 is 1.59. The van der Waals surface area contributed by atoms with E-state index in [1.54, 1.807) is 23.3 Å². The van der Waals surface area contributed by atoms with Crippen LogP contribution in [0.1, 0.15) is 21.1 Å². The molecule has 3 rings (SSSR count). The molecule has 0 N–H and O–H groups in total. The lowest BCUT2D eigenvalue weighted by Crippen LogP contribution is -2.35. The van der Waals surface area contributed by atoms with Gasteiger partial charge in [0.1, 0.15) is 5.01 Å². The Balaban J connectivity index is 1.57. The van der Waals surface area contributed by atoms with Crippen molar-refractivity contribution in [1.82, 2.24) is 14.8 Å². The fraction of sp³-hybridized carbons (Fsp3) is 0.412. The SMILES string of the molecule is CN(Cc1csc(CN2CCOCC2)n1)C(=O)c1ccc([N+](=O)[O-])cc1. The number of non-ortho nitro benzene ring substituents is 1. The van der Waals surface area contributed by atoms with Crippen LogP contribution in [0.3, 0.4) is 0 Å². The molecule has 0 spiro atoms. The Morgan fingerprint density at radius 1 is 1.35 bits per heavy atom. The second kappa shape index (κ2) is 8.35. The number of hydrogen-bond donors (Lipinski definition) is 0. The number of aromatic nitrogens is 1. The standard InChI is InChI=1S/C17H20N4O4S/c1-19(17(22)13-2-4-15(5-3-13)21(23)24)10-14-12-26-16(18-14)11-20-6-8-25-9-7-20/h2-5,12H,6-11H2,1H3. The Morgan fingerprint density at radius 3 is 2.69 bits per heavy atom. The third-order valence-electron chi connectivity index (χ3n) is 4.13. The number of hydrogen-bond acceptors (Lipinski definition) is 7. The highest BCUT2D eigenvalue weighted by Gasteiger charge is 2.16. The summed E-state index contributed by atoms with van der Waals surface area (Å²) in [6.07, 6.45) is 0. The molecule has 1 aliphatic rings. The fourth-order valence-corrected chi connectivity index (χ4v) is 3.53. The highest BCUT2D eigenvalue weighted by molar-refractivity contribution is 7.09. The highest BCUT2D eigenvalue weighted by atomic mass is 32.1. The summed E-state index contributed by atoms with van der Waals surface area (Å²) < 4.78 is 5.34. The number of thiazole rings is 1. The second-order valence-electron chi connectivity index (χ2n) is 6.09. The monoisotopic (exact) mass is 376 g/mol. The molecular formula is C17H20N4O4S. The maximum atomic E-state index is 12.5. The summed E-state index contributed by atoms with van der Waals surface area (Å²) in [5.41, 5.74) is 1.23. The van der Waals surface area contributed by atoms with Crippen LogP contribution in [0.15, 0.2) is 29.6 Å². The third-order valence-corrected chi connectivity index (χ3v) is 5.02. The number of carbonyl (C=O) groups excluding carboxylic acids is 1. The van der Waals surface area contributed by atoms with Crippen molar-refractivity contribution in [2.24, 2.45) is 0 Å². The molecule has 0 bridgehead atoms. The van der Waals surface area contributed by atoms with E-state index in [2.05, 4.69) is 9.88 Å². The summed E-state index contributed by atoms with van der Waals surface area (Å²) in [6.45, 7) is 4.53. The Morgan fingerprint density at radius 2 is 2.04 bits per heavy atom. The quantitative estimate of drug-likeness (QED) is 0.567. The minimum atomic E-state index is -0.483. The van der Waals surface area contributed by atoms with E-state index in [0.29, 0.717) is 12.1 Å². The van der Waals surface area contributed by atoms with E-state index in [1.807, 2.05) is 5.38 Å². The Bertz CT molecular complexity index is 771. The lowest BCUT2D eigenvalue weighted by Gasteiger charge is -2.25. The number of rotatable bonds is 6.